The molecule has 0 radical (unpaired) electrons. The van der Waals surface area contributed by atoms with Crippen molar-refractivity contribution in [3.63, 3.8) is 0 Å². The number of carbonyl (C=O) groups is 1. The Bertz CT molecular complexity index is 714. The minimum Gasteiger partial charge on any atom is -0.356 e. The highest BCUT2D eigenvalue weighted by Crippen LogP contribution is 2.26. The summed E-state index contributed by atoms with van der Waals surface area (Å²) >= 11 is 0. The second kappa shape index (κ2) is 10.2. The molecule has 1 aliphatic carbocycles. The Kier molecular flexibility index (Phi) is 7.61. The van der Waals surface area contributed by atoms with E-state index in [2.05, 4.69) is 15.3 Å². The summed E-state index contributed by atoms with van der Waals surface area (Å²) < 4.78 is 26.6. The number of amides is 1. The molecule has 0 spiro atoms. The van der Waals surface area contributed by atoms with Gasteiger partial charge in [-0.1, -0.05) is 19.3 Å². The molecule has 1 aromatic heterocycles. The molecule has 3 rings (SSSR count). The molecule has 0 bridgehead atoms. The monoisotopic (exact) mass is 409 g/mol. The summed E-state index contributed by atoms with van der Waals surface area (Å²) in [6.07, 6.45) is 10.4. The predicted octanol–water partition coefficient (Wildman–Crippen LogP) is 1.41. The van der Waals surface area contributed by atoms with E-state index in [-0.39, 0.29) is 11.7 Å². The van der Waals surface area contributed by atoms with Gasteiger partial charge < -0.3 is 10.2 Å². The maximum Gasteiger partial charge on any atom is 0.225 e. The molecule has 1 aliphatic heterocycles. The van der Waals surface area contributed by atoms with Gasteiger partial charge in [0.25, 0.3) is 0 Å². The van der Waals surface area contributed by atoms with Crippen LogP contribution in [0.2, 0.25) is 0 Å². The molecule has 1 amide bonds. The number of piperazine rings is 1. The first-order valence-corrected chi connectivity index (χ1v) is 11.9. The van der Waals surface area contributed by atoms with Crippen LogP contribution in [-0.4, -0.2) is 67.1 Å². The van der Waals surface area contributed by atoms with E-state index >= 15 is 0 Å². The average molecular weight is 410 g/mol. The van der Waals surface area contributed by atoms with E-state index < -0.39 is 10.0 Å². The van der Waals surface area contributed by atoms with Crippen LogP contribution in [0.5, 0.6) is 0 Å². The third-order valence-corrected chi connectivity index (χ3v) is 7.52. The van der Waals surface area contributed by atoms with Crippen LogP contribution in [0.25, 0.3) is 0 Å². The highest BCUT2D eigenvalue weighted by Gasteiger charge is 2.27. The summed E-state index contributed by atoms with van der Waals surface area (Å²) in [4.78, 5) is 22.4. The van der Waals surface area contributed by atoms with Gasteiger partial charge in [-0.15, -0.1) is 0 Å². The number of nitrogens with zero attached hydrogens (tertiary/aromatic N) is 4. The molecule has 0 unspecified atom stereocenters. The summed E-state index contributed by atoms with van der Waals surface area (Å²) in [5.74, 6) is 1.27. The summed E-state index contributed by atoms with van der Waals surface area (Å²) in [6, 6.07) is 1.76. The number of nitrogens with one attached hydrogen (secondary N) is 1. The first-order chi connectivity index (χ1) is 13.5. The van der Waals surface area contributed by atoms with Crippen molar-refractivity contribution in [2.75, 3.05) is 43.4 Å². The van der Waals surface area contributed by atoms with Crippen LogP contribution >= 0.6 is 0 Å². The number of carbonyl (C=O) groups excluding carboxylic acids is 1. The van der Waals surface area contributed by atoms with Crippen molar-refractivity contribution in [3.8, 4) is 0 Å². The minimum atomic E-state index is -3.30. The molecule has 2 aliphatic rings. The molecule has 2 fully saturated rings. The Morgan fingerprint density at radius 3 is 2.43 bits per heavy atom. The number of anilines is 1. The maximum absolute atomic E-state index is 12.6. The number of rotatable bonds is 8. The van der Waals surface area contributed by atoms with Gasteiger partial charge in [-0.05, 0) is 31.2 Å². The van der Waals surface area contributed by atoms with E-state index in [1.807, 2.05) is 4.90 Å². The van der Waals surface area contributed by atoms with Crippen molar-refractivity contribution in [3.05, 3.63) is 18.5 Å². The number of sulfonamides is 1. The Labute approximate surface area is 167 Å². The van der Waals surface area contributed by atoms with Crippen LogP contribution < -0.4 is 10.2 Å². The van der Waals surface area contributed by atoms with Crippen LogP contribution in [0.3, 0.4) is 0 Å². The lowest BCUT2D eigenvalue weighted by Gasteiger charge is -2.33. The van der Waals surface area contributed by atoms with Crippen molar-refractivity contribution in [2.24, 2.45) is 5.92 Å². The normalized spacial score (nSPS) is 19.5. The van der Waals surface area contributed by atoms with Crippen LogP contribution in [0.1, 0.15) is 44.9 Å². The SMILES string of the molecule is O=C(CC1CCCCC1)NCCCS(=O)(=O)N1CCN(c2ncccn2)CC1. The van der Waals surface area contributed by atoms with Gasteiger partial charge in [0.1, 0.15) is 0 Å². The van der Waals surface area contributed by atoms with E-state index in [4.69, 9.17) is 0 Å². The predicted molar refractivity (Wildman–Crippen MR) is 108 cm³/mol. The maximum atomic E-state index is 12.6. The molecule has 8 nitrogen and oxygen atoms in total. The van der Waals surface area contributed by atoms with Crippen LogP contribution in [0.15, 0.2) is 18.5 Å². The van der Waals surface area contributed by atoms with Gasteiger partial charge in [-0.2, -0.15) is 4.31 Å². The van der Waals surface area contributed by atoms with E-state index in [1.54, 1.807) is 18.5 Å². The highest BCUT2D eigenvalue weighted by atomic mass is 32.2. The van der Waals surface area contributed by atoms with E-state index in [0.29, 0.717) is 57.4 Å². The largest absolute Gasteiger partial charge is 0.356 e. The van der Waals surface area contributed by atoms with Crippen LogP contribution in [0, 0.1) is 5.92 Å². The Balaban J connectivity index is 1.34. The lowest BCUT2D eigenvalue weighted by atomic mass is 9.87. The molecule has 1 saturated heterocycles. The van der Waals surface area contributed by atoms with Crippen molar-refractivity contribution in [2.45, 2.75) is 44.9 Å². The van der Waals surface area contributed by atoms with Gasteiger partial charge in [-0.3, -0.25) is 4.79 Å². The van der Waals surface area contributed by atoms with Crippen molar-refractivity contribution in [1.29, 1.82) is 0 Å². The fourth-order valence-electron chi connectivity index (χ4n) is 3.96. The molecule has 0 aromatic carbocycles. The van der Waals surface area contributed by atoms with Crippen molar-refractivity contribution >= 4 is 21.9 Å². The fourth-order valence-corrected chi connectivity index (χ4v) is 5.44. The molecule has 156 valence electrons. The molecule has 28 heavy (non-hydrogen) atoms. The third kappa shape index (κ3) is 6.13. The smallest absolute Gasteiger partial charge is 0.225 e. The van der Waals surface area contributed by atoms with Gasteiger partial charge in [-0.25, -0.2) is 18.4 Å². The minimum absolute atomic E-state index is 0.0563. The zero-order chi connectivity index (χ0) is 19.8. The first kappa shape index (κ1) is 21.0. The Hall–Kier alpha value is -1.74. The lowest BCUT2D eigenvalue weighted by Crippen LogP contribution is -2.49. The summed E-state index contributed by atoms with van der Waals surface area (Å²) in [7, 11) is -3.30. The Morgan fingerprint density at radius 2 is 1.75 bits per heavy atom. The molecule has 1 saturated carbocycles. The molecule has 9 heteroatoms. The number of hydrogen-bond acceptors (Lipinski definition) is 6. The molecular formula is C19H31N5O3S. The lowest BCUT2D eigenvalue weighted by molar-refractivity contribution is -0.122. The van der Waals surface area contributed by atoms with Gasteiger partial charge in [0.15, 0.2) is 0 Å². The van der Waals surface area contributed by atoms with Crippen LogP contribution in [0.4, 0.5) is 5.95 Å². The van der Waals surface area contributed by atoms with E-state index in [0.717, 1.165) is 12.8 Å². The quantitative estimate of drug-likeness (QED) is 0.652. The van der Waals surface area contributed by atoms with Crippen LogP contribution in [-0.2, 0) is 14.8 Å². The Morgan fingerprint density at radius 1 is 1.07 bits per heavy atom. The van der Waals surface area contributed by atoms with Gasteiger partial charge in [0.05, 0.1) is 5.75 Å². The zero-order valence-electron chi connectivity index (χ0n) is 16.4. The fraction of sp³-hybridized carbons (Fsp3) is 0.737. The first-order valence-electron chi connectivity index (χ1n) is 10.3. The number of hydrogen-bond donors (Lipinski definition) is 1. The second-order valence-corrected chi connectivity index (χ2v) is 9.75. The van der Waals surface area contributed by atoms with Gasteiger partial charge in [0, 0.05) is 51.5 Å². The molecule has 1 aromatic rings. The van der Waals surface area contributed by atoms with E-state index in [9.17, 15) is 13.2 Å². The van der Waals surface area contributed by atoms with Crippen molar-refractivity contribution in [1.82, 2.24) is 19.6 Å². The summed E-state index contributed by atoms with van der Waals surface area (Å²) in [6.45, 7) is 2.47. The standard InChI is InChI=1S/C19H31N5O3S/c25-18(16-17-6-2-1-3-7-17)20-10-5-15-28(26,27)24-13-11-23(12-14-24)19-21-8-4-9-22-19/h4,8-9,17H,1-3,5-7,10-16H2,(H,20,25). The summed E-state index contributed by atoms with van der Waals surface area (Å²) in [5.41, 5.74) is 0. The molecule has 2 heterocycles. The van der Waals surface area contributed by atoms with Gasteiger partial charge in [0.2, 0.25) is 21.9 Å². The molecular weight excluding hydrogens is 378 g/mol. The average Bonchev–Trinajstić information content (AvgIpc) is 2.73. The van der Waals surface area contributed by atoms with Crippen molar-refractivity contribution < 1.29 is 13.2 Å². The van der Waals surface area contributed by atoms with Gasteiger partial charge >= 0.3 is 0 Å². The zero-order valence-corrected chi connectivity index (χ0v) is 17.2. The topological polar surface area (TPSA) is 95.5 Å². The van der Waals surface area contributed by atoms with E-state index in [1.165, 1.54) is 23.6 Å². The second-order valence-electron chi connectivity index (χ2n) is 7.66. The molecule has 1 N–H and O–H groups in total. The number of aromatic nitrogens is 2. The molecule has 0 atom stereocenters. The third-order valence-electron chi connectivity index (χ3n) is 5.57. The summed E-state index contributed by atoms with van der Waals surface area (Å²) in [5, 5.41) is 2.89. The highest BCUT2D eigenvalue weighted by molar-refractivity contribution is 7.89.